The Balaban J connectivity index is 1.57. The van der Waals surface area contributed by atoms with Crippen LogP contribution in [0.25, 0.3) is 0 Å². The van der Waals surface area contributed by atoms with E-state index in [1.807, 2.05) is 0 Å². The van der Waals surface area contributed by atoms with Crippen LogP contribution in [0.15, 0.2) is 21.1 Å². The van der Waals surface area contributed by atoms with Gasteiger partial charge < -0.3 is 19.4 Å². The molecule has 0 atom stereocenters. The third-order valence-electron chi connectivity index (χ3n) is 4.65. The molecule has 2 fully saturated rings. The molecule has 2 aliphatic rings. The minimum Gasteiger partial charge on any atom is -0.475 e. The molecule has 24 heavy (non-hydrogen) atoms. The number of aromatic nitrogens is 2. The Morgan fingerprint density at radius 2 is 1.92 bits per heavy atom. The van der Waals surface area contributed by atoms with Crippen LogP contribution < -0.4 is 5.32 Å². The Morgan fingerprint density at radius 3 is 2.54 bits per heavy atom. The van der Waals surface area contributed by atoms with Crippen LogP contribution in [-0.2, 0) is 5.54 Å². The Kier molecular flexibility index (Phi) is 3.40. The quantitative estimate of drug-likeness (QED) is 0.863. The van der Waals surface area contributed by atoms with Crippen molar-refractivity contribution in [1.82, 2.24) is 15.5 Å². The first-order valence-corrected chi connectivity index (χ1v) is 8.07. The second kappa shape index (κ2) is 5.47. The molecule has 2 N–H and O–H groups in total. The summed E-state index contributed by atoms with van der Waals surface area (Å²) in [6.07, 6.45) is 5.46. The van der Waals surface area contributed by atoms with E-state index in [0.29, 0.717) is 17.6 Å². The van der Waals surface area contributed by atoms with E-state index >= 15 is 0 Å². The van der Waals surface area contributed by atoms with Gasteiger partial charge in [-0.05, 0) is 37.8 Å². The van der Waals surface area contributed by atoms with Crippen molar-refractivity contribution >= 4 is 11.9 Å². The molecule has 8 heteroatoms. The van der Waals surface area contributed by atoms with Gasteiger partial charge in [0.05, 0.1) is 0 Å². The number of carboxylic acids is 1. The van der Waals surface area contributed by atoms with Crippen molar-refractivity contribution in [2.24, 2.45) is 0 Å². The number of aromatic carboxylic acids is 1. The lowest BCUT2D eigenvalue weighted by Crippen LogP contribution is -2.44. The largest absolute Gasteiger partial charge is 0.475 e. The molecule has 0 unspecified atom stereocenters. The smallest absolute Gasteiger partial charge is 0.371 e. The number of nitrogens with zero attached hydrogens (tertiary/aromatic N) is 2. The van der Waals surface area contributed by atoms with Gasteiger partial charge >= 0.3 is 5.97 Å². The predicted molar refractivity (Wildman–Crippen MR) is 79.6 cm³/mol. The molecule has 2 aliphatic carbocycles. The maximum absolute atomic E-state index is 12.5. The maximum Gasteiger partial charge on any atom is 0.371 e. The zero-order valence-corrected chi connectivity index (χ0v) is 12.9. The fourth-order valence-electron chi connectivity index (χ4n) is 3.16. The van der Waals surface area contributed by atoms with E-state index in [4.69, 9.17) is 14.0 Å². The van der Waals surface area contributed by atoms with Crippen LogP contribution >= 0.6 is 0 Å². The van der Waals surface area contributed by atoms with Crippen LogP contribution in [-0.4, -0.2) is 27.1 Å². The lowest BCUT2D eigenvalue weighted by atomic mass is 9.96. The summed E-state index contributed by atoms with van der Waals surface area (Å²) in [6.45, 7) is 0. The molecule has 8 nitrogen and oxygen atoms in total. The molecule has 126 valence electrons. The SMILES string of the molecule is O=C(O)c1ccc(C(=O)NC2(c3noc(C4CC4)n3)CCCC2)o1. The van der Waals surface area contributed by atoms with Crippen LogP contribution in [0.5, 0.6) is 0 Å². The van der Waals surface area contributed by atoms with Gasteiger partial charge in [-0.1, -0.05) is 18.0 Å². The third-order valence-corrected chi connectivity index (χ3v) is 4.65. The van der Waals surface area contributed by atoms with Gasteiger partial charge in [-0.25, -0.2) is 4.79 Å². The zero-order chi connectivity index (χ0) is 16.7. The summed E-state index contributed by atoms with van der Waals surface area (Å²) < 4.78 is 10.4. The Bertz CT molecular complexity index is 783. The van der Waals surface area contributed by atoms with Crippen molar-refractivity contribution in [2.45, 2.75) is 50.0 Å². The number of hydrogen-bond donors (Lipinski definition) is 2. The monoisotopic (exact) mass is 331 g/mol. The lowest BCUT2D eigenvalue weighted by Gasteiger charge is -2.26. The van der Waals surface area contributed by atoms with Gasteiger partial charge in [-0.15, -0.1) is 0 Å². The number of carbonyl (C=O) groups excluding carboxylic acids is 1. The van der Waals surface area contributed by atoms with Crippen molar-refractivity contribution in [3.05, 3.63) is 35.4 Å². The number of furan rings is 1. The first kappa shape index (κ1) is 14.9. The van der Waals surface area contributed by atoms with Gasteiger partial charge in [0, 0.05) is 5.92 Å². The summed E-state index contributed by atoms with van der Waals surface area (Å²) in [4.78, 5) is 27.9. The molecule has 0 spiro atoms. The molecule has 2 saturated carbocycles. The van der Waals surface area contributed by atoms with E-state index < -0.39 is 17.4 Å². The van der Waals surface area contributed by atoms with Gasteiger partial charge in [0.25, 0.3) is 5.91 Å². The minimum absolute atomic E-state index is 0.0374. The molecule has 0 aromatic carbocycles. The first-order chi connectivity index (χ1) is 11.6. The van der Waals surface area contributed by atoms with E-state index in [0.717, 1.165) is 38.5 Å². The van der Waals surface area contributed by atoms with E-state index in [1.165, 1.54) is 12.1 Å². The summed E-state index contributed by atoms with van der Waals surface area (Å²) >= 11 is 0. The number of nitrogens with one attached hydrogen (secondary N) is 1. The molecular weight excluding hydrogens is 314 g/mol. The summed E-state index contributed by atoms with van der Waals surface area (Å²) in [5.41, 5.74) is -0.677. The molecule has 2 heterocycles. The Hall–Kier alpha value is -2.64. The fourth-order valence-corrected chi connectivity index (χ4v) is 3.16. The average molecular weight is 331 g/mol. The number of carbonyl (C=O) groups is 2. The molecule has 2 aromatic heterocycles. The maximum atomic E-state index is 12.5. The van der Waals surface area contributed by atoms with Crippen LogP contribution in [0.1, 0.15) is 77.3 Å². The van der Waals surface area contributed by atoms with Crippen molar-refractivity contribution in [1.29, 1.82) is 0 Å². The molecule has 0 saturated heterocycles. The standard InChI is InChI=1S/C16H17N3O5/c20-12(10-5-6-11(23-10)14(21)22)18-16(7-1-2-8-16)15-17-13(24-19-15)9-3-4-9/h5-6,9H,1-4,7-8H2,(H,18,20)(H,21,22). The normalized spacial score (nSPS) is 19.3. The second-order valence-electron chi connectivity index (χ2n) is 6.44. The summed E-state index contributed by atoms with van der Waals surface area (Å²) in [5.74, 6) is -0.500. The Morgan fingerprint density at radius 1 is 1.21 bits per heavy atom. The van der Waals surface area contributed by atoms with E-state index in [9.17, 15) is 9.59 Å². The molecule has 1 amide bonds. The third kappa shape index (κ3) is 2.57. The van der Waals surface area contributed by atoms with Gasteiger partial charge in [0.1, 0.15) is 5.54 Å². The second-order valence-corrected chi connectivity index (χ2v) is 6.44. The molecule has 2 aromatic rings. The lowest BCUT2D eigenvalue weighted by molar-refractivity contribution is 0.0658. The highest BCUT2D eigenvalue weighted by Crippen LogP contribution is 2.42. The van der Waals surface area contributed by atoms with Crippen LogP contribution in [0.4, 0.5) is 0 Å². The van der Waals surface area contributed by atoms with E-state index in [1.54, 1.807) is 0 Å². The topological polar surface area (TPSA) is 118 Å². The summed E-state index contributed by atoms with van der Waals surface area (Å²) in [5, 5.41) is 15.9. The van der Waals surface area contributed by atoms with Crippen molar-refractivity contribution < 1.29 is 23.6 Å². The van der Waals surface area contributed by atoms with Crippen LogP contribution in [0.2, 0.25) is 0 Å². The van der Waals surface area contributed by atoms with Crippen molar-refractivity contribution in [3.63, 3.8) is 0 Å². The minimum atomic E-state index is -1.21. The average Bonchev–Trinajstić information content (AvgIpc) is 3.02. The summed E-state index contributed by atoms with van der Waals surface area (Å²) in [6, 6.07) is 2.62. The molecule has 0 aliphatic heterocycles. The highest BCUT2D eigenvalue weighted by molar-refractivity contribution is 5.94. The number of carboxylic acid groups (broad SMARTS) is 1. The van der Waals surface area contributed by atoms with E-state index in [2.05, 4.69) is 15.5 Å². The van der Waals surface area contributed by atoms with E-state index in [-0.39, 0.29) is 11.5 Å². The highest BCUT2D eigenvalue weighted by atomic mass is 16.5. The zero-order valence-electron chi connectivity index (χ0n) is 12.9. The molecular formula is C16H17N3O5. The van der Waals surface area contributed by atoms with Crippen LogP contribution in [0.3, 0.4) is 0 Å². The van der Waals surface area contributed by atoms with Gasteiger partial charge in [-0.2, -0.15) is 4.98 Å². The predicted octanol–water partition coefficient (Wildman–Crippen LogP) is 2.44. The number of amides is 1. The van der Waals surface area contributed by atoms with Gasteiger partial charge in [0.2, 0.25) is 11.7 Å². The van der Waals surface area contributed by atoms with Crippen molar-refractivity contribution in [2.75, 3.05) is 0 Å². The molecule has 4 rings (SSSR count). The molecule has 0 bridgehead atoms. The van der Waals surface area contributed by atoms with Crippen molar-refractivity contribution in [3.8, 4) is 0 Å². The van der Waals surface area contributed by atoms with Crippen LogP contribution in [0, 0.1) is 0 Å². The first-order valence-electron chi connectivity index (χ1n) is 8.07. The number of hydrogen-bond acceptors (Lipinski definition) is 6. The Labute approximate surface area is 137 Å². The highest BCUT2D eigenvalue weighted by Gasteiger charge is 2.43. The molecule has 0 radical (unpaired) electrons. The summed E-state index contributed by atoms with van der Waals surface area (Å²) in [7, 11) is 0. The van der Waals surface area contributed by atoms with Gasteiger partial charge in [0.15, 0.2) is 11.6 Å². The fraction of sp³-hybridized carbons (Fsp3) is 0.500. The number of rotatable bonds is 5. The van der Waals surface area contributed by atoms with Gasteiger partial charge in [-0.3, -0.25) is 4.79 Å².